The summed E-state index contributed by atoms with van der Waals surface area (Å²) in [5, 5.41) is 5.95. The molecular weight excluding hydrogens is 310 g/mol. The first-order valence-electron chi connectivity index (χ1n) is 7.99. The molecule has 1 fully saturated rings. The van der Waals surface area contributed by atoms with E-state index in [2.05, 4.69) is 21.3 Å². The van der Waals surface area contributed by atoms with Gasteiger partial charge >= 0.3 is 0 Å². The second-order valence-electron chi connectivity index (χ2n) is 5.96. The lowest BCUT2D eigenvalue weighted by Gasteiger charge is -2.23. The summed E-state index contributed by atoms with van der Waals surface area (Å²) in [5.74, 6) is 1.02. The minimum absolute atomic E-state index is 0.0334. The van der Waals surface area contributed by atoms with Gasteiger partial charge in [-0.2, -0.15) is 0 Å². The van der Waals surface area contributed by atoms with Gasteiger partial charge in [0, 0.05) is 24.5 Å². The smallest absolute Gasteiger partial charge is 0.242 e. The molecule has 0 radical (unpaired) electrons. The molecule has 1 N–H and O–H groups in total. The van der Waals surface area contributed by atoms with Crippen molar-refractivity contribution >= 4 is 22.4 Å². The zero-order valence-corrected chi connectivity index (χ0v) is 13.6. The number of anilines is 1. The van der Waals surface area contributed by atoms with E-state index in [0.29, 0.717) is 6.54 Å². The number of nitrogens with one attached hydrogen (secondary N) is 1. The lowest BCUT2D eigenvalue weighted by atomic mass is 10.1. The molecule has 2 aliphatic heterocycles. The Bertz CT molecular complexity index is 664. The molecule has 1 aromatic heterocycles. The third-order valence-corrected chi connectivity index (χ3v) is 5.25. The standard InChI is InChI=1S/C17H19N3O2S/c21-16(14-5-3-8-20(14)17-18-7-9-23-17)19-11-13-10-12-4-1-2-6-15(12)22-13/h1-2,4,6-7,9,13-14H,3,5,8,10-11H2,(H,19,21)/t13-,14-/m1/s1. The summed E-state index contributed by atoms with van der Waals surface area (Å²) >= 11 is 1.59. The Kier molecular flexibility index (Phi) is 3.91. The van der Waals surface area contributed by atoms with Crippen molar-refractivity contribution in [2.75, 3.05) is 18.0 Å². The third-order valence-electron chi connectivity index (χ3n) is 4.44. The highest BCUT2D eigenvalue weighted by molar-refractivity contribution is 7.13. The van der Waals surface area contributed by atoms with Crippen LogP contribution in [0.15, 0.2) is 35.8 Å². The molecule has 1 saturated heterocycles. The van der Waals surface area contributed by atoms with Crippen molar-refractivity contribution in [1.82, 2.24) is 10.3 Å². The predicted octanol–water partition coefficient (Wildman–Crippen LogP) is 2.23. The maximum absolute atomic E-state index is 12.5. The maximum atomic E-state index is 12.5. The van der Waals surface area contributed by atoms with Crippen molar-refractivity contribution in [3.63, 3.8) is 0 Å². The number of carbonyl (C=O) groups is 1. The molecule has 6 heteroatoms. The second-order valence-corrected chi connectivity index (χ2v) is 6.84. The molecule has 1 amide bonds. The van der Waals surface area contributed by atoms with Gasteiger partial charge in [0.2, 0.25) is 5.91 Å². The van der Waals surface area contributed by atoms with Gasteiger partial charge in [0.1, 0.15) is 17.9 Å². The Hall–Kier alpha value is -2.08. The van der Waals surface area contributed by atoms with Gasteiger partial charge in [-0.3, -0.25) is 4.79 Å². The average Bonchev–Trinajstić information content (AvgIpc) is 3.31. The van der Waals surface area contributed by atoms with Crippen LogP contribution in [-0.4, -0.2) is 36.1 Å². The fourth-order valence-corrected chi connectivity index (χ4v) is 4.05. The summed E-state index contributed by atoms with van der Waals surface area (Å²) in [6, 6.07) is 7.96. The number of benzene rings is 1. The van der Waals surface area contributed by atoms with Crippen molar-refractivity contribution < 1.29 is 9.53 Å². The second kappa shape index (κ2) is 6.20. The monoisotopic (exact) mass is 329 g/mol. The Morgan fingerprint density at radius 2 is 2.35 bits per heavy atom. The van der Waals surface area contributed by atoms with Gasteiger partial charge in [-0.05, 0) is 24.5 Å². The van der Waals surface area contributed by atoms with Crippen molar-refractivity contribution in [1.29, 1.82) is 0 Å². The van der Waals surface area contributed by atoms with Gasteiger partial charge < -0.3 is 15.0 Å². The van der Waals surface area contributed by atoms with Gasteiger partial charge in [-0.1, -0.05) is 18.2 Å². The first-order valence-corrected chi connectivity index (χ1v) is 8.87. The quantitative estimate of drug-likeness (QED) is 0.935. The summed E-state index contributed by atoms with van der Waals surface area (Å²) < 4.78 is 5.88. The number of hydrogen-bond donors (Lipinski definition) is 1. The molecule has 23 heavy (non-hydrogen) atoms. The third kappa shape index (κ3) is 2.91. The maximum Gasteiger partial charge on any atom is 0.242 e. The number of amides is 1. The van der Waals surface area contributed by atoms with Crippen LogP contribution in [0.25, 0.3) is 0 Å². The van der Waals surface area contributed by atoms with Gasteiger partial charge in [-0.15, -0.1) is 11.3 Å². The lowest BCUT2D eigenvalue weighted by molar-refractivity contribution is -0.122. The van der Waals surface area contributed by atoms with Crippen molar-refractivity contribution in [2.24, 2.45) is 0 Å². The van der Waals surface area contributed by atoms with Crippen LogP contribution in [0, 0.1) is 0 Å². The topological polar surface area (TPSA) is 54.5 Å². The summed E-state index contributed by atoms with van der Waals surface area (Å²) in [6.45, 7) is 1.45. The van der Waals surface area contributed by atoms with E-state index in [0.717, 1.165) is 36.7 Å². The number of para-hydroxylation sites is 1. The molecule has 120 valence electrons. The van der Waals surface area contributed by atoms with E-state index in [4.69, 9.17) is 4.74 Å². The lowest BCUT2D eigenvalue weighted by Crippen LogP contribution is -2.46. The first kappa shape index (κ1) is 14.5. The van der Waals surface area contributed by atoms with Crippen LogP contribution >= 0.6 is 11.3 Å². The highest BCUT2D eigenvalue weighted by Crippen LogP contribution is 2.29. The predicted molar refractivity (Wildman–Crippen MR) is 90.1 cm³/mol. The molecule has 0 unspecified atom stereocenters. The molecule has 0 bridgehead atoms. The molecule has 1 aromatic carbocycles. The molecule has 2 aromatic rings. The number of nitrogens with zero attached hydrogens (tertiary/aromatic N) is 2. The normalized spacial score (nSPS) is 22.7. The molecule has 2 atom stereocenters. The molecule has 5 nitrogen and oxygen atoms in total. The Balaban J connectivity index is 1.34. The molecule has 0 spiro atoms. The van der Waals surface area contributed by atoms with E-state index < -0.39 is 0 Å². The Labute approximate surface area is 139 Å². The average molecular weight is 329 g/mol. The van der Waals surface area contributed by atoms with Crippen LogP contribution in [0.3, 0.4) is 0 Å². The van der Waals surface area contributed by atoms with Crippen LogP contribution in [0.4, 0.5) is 5.13 Å². The Morgan fingerprint density at radius 1 is 1.43 bits per heavy atom. The van der Waals surface area contributed by atoms with E-state index in [1.807, 2.05) is 23.6 Å². The summed E-state index contributed by atoms with van der Waals surface area (Å²) in [7, 11) is 0. The highest BCUT2D eigenvalue weighted by Gasteiger charge is 2.33. The molecule has 0 aliphatic carbocycles. The van der Waals surface area contributed by atoms with E-state index >= 15 is 0 Å². The van der Waals surface area contributed by atoms with E-state index in [1.165, 1.54) is 5.56 Å². The number of rotatable bonds is 4. The van der Waals surface area contributed by atoms with Crippen LogP contribution in [-0.2, 0) is 11.2 Å². The number of ether oxygens (including phenoxy) is 1. The van der Waals surface area contributed by atoms with Crippen LogP contribution in [0.1, 0.15) is 18.4 Å². The molecule has 4 rings (SSSR count). The zero-order chi connectivity index (χ0) is 15.6. The van der Waals surface area contributed by atoms with E-state index in [1.54, 1.807) is 17.5 Å². The largest absolute Gasteiger partial charge is 0.488 e. The molecular formula is C17H19N3O2S. The highest BCUT2D eigenvalue weighted by atomic mass is 32.1. The number of hydrogen-bond acceptors (Lipinski definition) is 5. The minimum Gasteiger partial charge on any atom is -0.488 e. The summed E-state index contributed by atoms with van der Waals surface area (Å²) in [5.41, 5.74) is 1.22. The summed E-state index contributed by atoms with van der Waals surface area (Å²) in [6.07, 6.45) is 4.60. The van der Waals surface area contributed by atoms with Crippen molar-refractivity contribution in [2.45, 2.75) is 31.4 Å². The number of fused-ring (bicyclic) bond motifs is 1. The number of carbonyl (C=O) groups excluding carboxylic acids is 1. The number of thiazole rings is 1. The van der Waals surface area contributed by atoms with Gasteiger partial charge in [0.25, 0.3) is 0 Å². The molecule has 2 aliphatic rings. The SMILES string of the molecule is O=C(NC[C@H]1Cc2ccccc2O1)[C@H]1CCCN1c1nccs1. The van der Waals surface area contributed by atoms with E-state index in [9.17, 15) is 4.79 Å². The van der Waals surface area contributed by atoms with Gasteiger partial charge in [0.05, 0.1) is 6.54 Å². The Morgan fingerprint density at radius 3 is 3.17 bits per heavy atom. The van der Waals surface area contributed by atoms with Crippen LogP contribution < -0.4 is 15.0 Å². The minimum atomic E-state index is -0.107. The van der Waals surface area contributed by atoms with Gasteiger partial charge in [0.15, 0.2) is 5.13 Å². The summed E-state index contributed by atoms with van der Waals surface area (Å²) in [4.78, 5) is 19.0. The van der Waals surface area contributed by atoms with Crippen LogP contribution in [0.5, 0.6) is 5.75 Å². The van der Waals surface area contributed by atoms with E-state index in [-0.39, 0.29) is 18.1 Å². The fourth-order valence-electron chi connectivity index (χ4n) is 3.33. The fraction of sp³-hybridized carbons (Fsp3) is 0.412. The molecule has 3 heterocycles. The number of aromatic nitrogens is 1. The van der Waals surface area contributed by atoms with Crippen LogP contribution in [0.2, 0.25) is 0 Å². The molecule has 0 saturated carbocycles. The van der Waals surface area contributed by atoms with Crippen molar-refractivity contribution in [3.8, 4) is 5.75 Å². The van der Waals surface area contributed by atoms with Crippen molar-refractivity contribution in [3.05, 3.63) is 41.4 Å². The first-order chi connectivity index (χ1) is 11.3. The van der Waals surface area contributed by atoms with Gasteiger partial charge in [-0.25, -0.2) is 4.98 Å². The zero-order valence-electron chi connectivity index (χ0n) is 12.8.